The molecule has 0 aliphatic carbocycles. The van der Waals surface area contributed by atoms with E-state index in [0.717, 1.165) is 24.3 Å². The smallest absolute Gasteiger partial charge is 0.261 e. The molecule has 3 heteroatoms. The van der Waals surface area contributed by atoms with Crippen LogP contribution in [0.3, 0.4) is 0 Å². The minimum Gasteiger partial charge on any atom is -0.351 e. The van der Waals surface area contributed by atoms with Crippen molar-refractivity contribution < 1.29 is 4.79 Å². The molecular weight excluding hydrogens is 182 g/mol. The van der Waals surface area contributed by atoms with E-state index in [2.05, 4.69) is 12.2 Å². The second kappa shape index (κ2) is 5.02. The molecule has 0 spiro atoms. The highest BCUT2D eigenvalue weighted by molar-refractivity contribution is 7.13. The second-order valence-electron chi connectivity index (χ2n) is 3.02. The summed E-state index contributed by atoms with van der Waals surface area (Å²) in [6.45, 7) is 4.90. The van der Waals surface area contributed by atoms with E-state index in [9.17, 15) is 4.79 Å². The Morgan fingerprint density at radius 1 is 1.54 bits per heavy atom. The van der Waals surface area contributed by atoms with Crippen LogP contribution < -0.4 is 5.32 Å². The molecule has 0 atom stereocenters. The van der Waals surface area contributed by atoms with Gasteiger partial charge in [0.1, 0.15) is 0 Å². The van der Waals surface area contributed by atoms with E-state index in [1.807, 2.05) is 19.1 Å². The molecule has 13 heavy (non-hydrogen) atoms. The van der Waals surface area contributed by atoms with Crippen molar-refractivity contribution >= 4 is 17.2 Å². The fourth-order valence-electron chi connectivity index (χ4n) is 1.02. The number of hydrogen-bond donors (Lipinski definition) is 1. The number of nitrogens with one attached hydrogen (secondary N) is 1. The Bertz CT molecular complexity index is 280. The molecule has 1 rings (SSSR count). The van der Waals surface area contributed by atoms with Crippen molar-refractivity contribution in [2.45, 2.75) is 26.7 Å². The highest BCUT2D eigenvalue weighted by Crippen LogP contribution is 2.14. The van der Waals surface area contributed by atoms with Gasteiger partial charge < -0.3 is 5.32 Å². The predicted molar refractivity (Wildman–Crippen MR) is 56.3 cm³/mol. The van der Waals surface area contributed by atoms with Crippen molar-refractivity contribution in [1.29, 1.82) is 0 Å². The highest BCUT2D eigenvalue weighted by atomic mass is 32.1. The molecule has 1 aromatic rings. The number of thiophene rings is 1. The lowest BCUT2D eigenvalue weighted by atomic mass is 10.3. The summed E-state index contributed by atoms with van der Waals surface area (Å²) in [5.74, 6) is 0.0616. The summed E-state index contributed by atoms with van der Waals surface area (Å²) in [5.41, 5.74) is 0. The van der Waals surface area contributed by atoms with E-state index in [4.69, 9.17) is 0 Å². The lowest BCUT2D eigenvalue weighted by molar-refractivity contribution is 0.0957. The van der Waals surface area contributed by atoms with Crippen LogP contribution in [0.2, 0.25) is 0 Å². The topological polar surface area (TPSA) is 29.1 Å². The van der Waals surface area contributed by atoms with Gasteiger partial charge in [0.25, 0.3) is 5.91 Å². The Morgan fingerprint density at radius 3 is 2.85 bits per heavy atom. The Kier molecular flexibility index (Phi) is 3.96. The number of carbonyl (C=O) groups excluding carboxylic acids is 1. The van der Waals surface area contributed by atoms with Crippen molar-refractivity contribution in [1.82, 2.24) is 5.32 Å². The maximum absolute atomic E-state index is 11.4. The molecule has 0 fully saturated rings. The van der Waals surface area contributed by atoms with Gasteiger partial charge in [-0.15, -0.1) is 11.3 Å². The van der Waals surface area contributed by atoms with Crippen LogP contribution in [0.5, 0.6) is 0 Å². The lowest BCUT2D eigenvalue weighted by Gasteiger charge is -2.00. The number of aryl methyl sites for hydroxylation is 1. The molecule has 0 bridgehead atoms. The fraction of sp³-hybridized carbons (Fsp3) is 0.500. The third kappa shape index (κ3) is 3.19. The summed E-state index contributed by atoms with van der Waals surface area (Å²) in [5, 5.41) is 2.88. The highest BCUT2D eigenvalue weighted by Gasteiger charge is 2.05. The van der Waals surface area contributed by atoms with E-state index < -0.39 is 0 Å². The van der Waals surface area contributed by atoms with E-state index >= 15 is 0 Å². The minimum atomic E-state index is 0.0616. The maximum Gasteiger partial charge on any atom is 0.261 e. The zero-order valence-electron chi connectivity index (χ0n) is 8.09. The van der Waals surface area contributed by atoms with Gasteiger partial charge in [0.05, 0.1) is 4.88 Å². The summed E-state index contributed by atoms with van der Waals surface area (Å²) in [6.07, 6.45) is 2.17. The van der Waals surface area contributed by atoms with Crippen LogP contribution in [0.4, 0.5) is 0 Å². The standard InChI is InChI=1S/C10H15NOS/c1-3-4-7-11-10(12)9-6-5-8(2)13-9/h5-6H,3-4,7H2,1-2H3,(H,11,12). The first-order chi connectivity index (χ1) is 6.24. The maximum atomic E-state index is 11.4. The van der Waals surface area contributed by atoms with E-state index in [1.165, 1.54) is 4.88 Å². The molecule has 0 saturated carbocycles. The summed E-state index contributed by atoms with van der Waals surface area (Å²) in [6, 6.07) is 3.85. The van der Waals surface area contributed by atoms with Gasteiger partial charge in [0.15, 0.2) is 0 Å². The van der Waals surface area contributed by atoms with E-state index in [1.54, 1.807) is 11.3 Å². The van der Waals surface area contributed by atoms with Gasteiger partial charge in [-0.25, -0.2) is 0 Å². The molecule has 1 amide bonds. The largest absolute Gasteiger partial charge is 0.351 e. The SMILES string of the molecule is CCCCNC(=O)c1ccc(C)s1. The van der Waals surface area contributed by atoms with E-state index in [0.29, 0.717) is 0 Å². The van der Waals surface area contributed by atoms with Gasteiger partial charge in [-0.3, -0.25) is 4.79 Å². The van der Waals surface area contributed by atoms with Crippen LogP contribution in [0.1, 0.15) is 34.3 Å². The van der Waals surface area contributed by atoms with Crippen molar-refractivity contribution in [3.63, 3.8) is 0 Å². The van der Waals surface area contributed by atoms with Crippen LogP contribution in [0.25, 0.3) is 0 Å². The van der Waals surface area contributed by atoms with Gasteiger partial charge in [0.2, 0.25) is 0 Å². The van der Waals surface area contributed by atoms with E-state index in [-0.39, 0.29) is 5.91 Å². The minimum absolute atomic E-state index is 0.0616. The summed E-state index contributed by atoms with van der Waals surface area (Å²) < 4.78 is 0. The molecular formula is C10H15NOS. The summed E-state index contributed by atoms with van der Waals surface area (Å²) >= 11 is 1.54. The molecule has 0 unspecified atom stereocenters. The van der Waals surface area contributed by atoms with Gasteiger partial charge in [-0.05, 0) is 25.5 Å². The van der Waals surface area contributed by atoms with Gasteiger partial charge in [-0.2, -0.15) is 0 Å². The quantitative estimate of drug-likeness (QED) is 0.738. The first-order valence-electron chi connectivity index (χ1n) is 4.58. The molecule has 0 radical (unpaired) electrons. The number of carbonyl (C=O) groups is 1. The molecule has 1 N–H and O–H groups in total. The number of hydrogen-bond acceptors (Lipinski definition) is 2. The van der Waals surface area contributed by atoms with Crippen molar-refractivity contribution in [2.24, 2.45) is 0 Å². The third-order valence-electron chi connectivity index (χ3n) is 1.78. The molecule has 0 aliphatic rings. The van der Waals surface area contributed by atoms with Crippen molar-refractivity contribution in [2.75, 3.05) is 6.54 Å². The molecule has 2 nitrogen and oxygen atoms in total. The Hall–Kier alpha value is -0.830. The zero-order chi connectivity index (χ0) is 9.68. The fourth-order valence-corrected chi connectivity index (χ4v) is 1.81. The van der Waals surface area contributed by atoms with Crippen LogP contribution in [0, 0.1) is 6.92 Å². The van der Waals surface area contributed by atoms with Crippen LogP contribution in [0.15, 0.2) is 12.1 Å². The summed E-state index contributed by atoms with van der Waals surface area (Å²) in [4.78, 5) is 13.4. The molecule has 1 heterocycles. The Balaban J connectivity index is 2.40. The normalized spacial score (nSPS) is 10.0. The monoisotopic (exact) mass is 197 g/mol. The molecule has 72 valence electrons. The third-order valence-corrected chi connectivity index (χ3v) is 2.78. The lowest BCUT2D eigenvalue weighted by Crippen LogP contribution is -2.23. The first-order valence-corrected chi connectivity index (χ1v) is 5.40. The first kappa shape index (κ1) is 10.3. The number of amides is 1. The second-order valence-corrected chi connectivity index (χ2v) is 4.31. The number of unbranched alkanes of at least 4 members (excludes halogenated alkanes) is 1. The average Bonchev–Trinajstić information content (AvgIpc) is 2.52. The molecule has 0 aromatic carbocycles. The molecule has 1 aromatic heterocycles. The average molecular weight is 197 g/mol. The predicted octanol–water partition coefficient (Wildman–Crippen LogP) is 2.59. The van der Waals surface area contributed by atoms with Crippen LogP contribution in [-0.4, -0.2) is 12.5 Å². The summed E-state index contributed by atoms with van der Waals surface area (Å²) in [7, 11) is 0. The van der Waals surface area contributed by atoms with Crippen molar-refractivity contribution in [3.05, 3.63) is 21.9 Å². The van der Waals surface area contributed by atoms with Crippen LogP contribution >= 0.6 is 11.3 Å². The Morgan fingerprint density at radius 2 is 2.31 bits per heavy atom. The van der Waals surface area contributed by atoms with Crippen molar-refractivity contribution in [3.8, 4) is 0 Å². The van der Waals surface area contributed by atoms with Gasteiger partial charge >= 0.3 is 0 Å². The Labute approximate surface area is 83.0 Å². The number of rotatable bonds is 4. The molecule has 0 saturated heterocycles. The van der Waals surface area contributed by atoms with Gasteiger partial charge in [-0.1, -0.05) is 13.3 Å². The van der Waals surface area contributed by atoms with Gasteiger partial charge in [0, 0.05) is 11.4 Å². The van der Waals surface area contributed by atoms with Crippen LogP contribution in [-0.2, 0) is 0 Å². The zero-order valence-corrected chi connectivity index (χ0v) is 8.91. The molecule has 0 aliphatic heterocycles.